The van der Waals surface area contributed by atoms with Crippen LogP contribution in [0.4, 0.5) is 10.1 Å². The SMILES string of the molecule is C[C@@H](C(=O)Nc1cc(F)ccc1Sc1nccn1C)n1cncn1. The van der Waals surface area contributed by atoms with Crippen molar-refractivity contribution in [2.45, 2.75) is 23.0 Å². The van der Waals surface area contributed by atoms with E-state index in [1.807, 2.05) is 17.8 Å². The lowest BCUT2D eigenvalue weighted by molar-refractivity contribution is -0.119. The summed E-state index contributed by atoms with van der Waals surface area (Å²) >= 11 is 1.34. The molecule has 0 radical (unpaired) electrons. The van der Waals surface area contributed by atoms with Crippen LogP contribution in [0, 0.1) is 5.82 Å². The first-order valence-corrected chi connectivity index (χ1v) is 7.96. The maximum absolute atomic E-state index is 13.6. The van der Waals surface area contributed by atoms with Crippen molar-refractivity contribution in [3.05, 3.63) is 49.1 Å². The number of anilines is 1. The van der Waals surface area contributed by atoms with Crippen molar-refractivity contribution in [1.82, 2.24) is 24.3 Å². The summed E-state index contributed by atoms with van der Waals surface area (Å²) in [4.78, 5) is 21.1. The highest BCUT2D eigenvalue weighted by Crippen LogP contribution is 2.33. The number of rotatable bonds is 5. The predicted octanol–water partition coefficient (Wildman–Crippen LogP) is 2.50. The van der Waals surface area contributed by atoms with E-state index in [-0.39, 0.29) is 5.91 Å². The molecule has 1 amide bonds. The topological polar surface area (TPSA) is 77.6 Å². The largest absolute Gasteiger partial charge is 0.329 e. The Morgan fingerprint density at radius 1 is 1.42 bits per heavy atom. The Bertz CT molecular complexity index is 848. The lowest BCUT2D eigenvalue weighted by atomic mass is 10.2. The molecule has 9 heteroatoms. The van der Waals surface area contributed by atoms with Gasteiger partial charge in [0.2, 0.25) is 5.91 Å². The number of carbonyl (C=O) groups excluding carboxylic acids is 1. The van der Waals surface area contributed by atoms with Crippen LogP contribution in [0.3, 0.4) is 0 Å². The molecule has 0 aliphatic rings. The van der Waals surface area contributed by atoms with Gasteiger partial charge in [-0.2, -0.15) is 5.10 Å². The normalized spacial score (nSPS) is 12.1. The molecule has 0 aliphatic carbocycles. The van der Waals surface area contributed by atoms with E-state index in [9.17, 15) is 9.18 Å². The summed E-state index contributed by atoms with van der Waals surface area (Å²) in [6.45, 7) is 1.69. The number of hydrogen-bond donors (Lipinski definition) is 1. The summed E-state index contributed by atoms with van der Waals surface area (Å²) in [7, 11) is 1.86. The van der Waals surface area contributed by atoms with Crippen LogP contribution < -0.4 is 5.32 Å². The van der Waals surface area contributed by atoms with Crippen LogP contribution in [0.5, 0.6) is 0 Å². The average Bonchev–Trinajstić information content (AvgIpc) is 3.21. The zero-order valence-electron chi connectivity index (χ0n) is 13.0. The van der Waals surface area contributed by atoms with Gasteiger partial charge in [-0.3, -0.25) is 4.79 Å². The molecule has 1 N–H and O–H groups in total. The van der Waals surface area contributed by atoms with Crippen molar-refractivity contribution in [2.75, 3.05) is 5.32 Å². The molecule has 0 unspecified atom stereocenters. The molecule has 1 atom stereocenters. The van der Waals surface area contributed by atoms with Gasteiger partial charge in [-0.05, 0) is 36.9 Å². The van der Waals surface area contributed by atoms with Gasteiger partial charge in [0.05, 0.1) is 5.69 Å². The van der Waals surface area contributed by atoms with Gasteiger partial charge in [0.1, 0.15) is 24.5 Å². The Labute approximate surface area is 141 Å². The minimum absolute atomic E-state index is 0.312. The number of carbonyl (C=O) groups is 1. The lowest BCUT2D eigenvalue weighted by Crippen LogP contribution is -2.24. The van der Waals surface area contributed by atoms with Crippen LogP contribution >= 0.6 is 11.8 Å². The van der Waals surface area contributed by atoms with Crippen LogP contribution in [-0.4, -0.2) is 30.2 Å². The smallest absolute Gasteiger partial charge is 0.249 e. The van der Waals surface area contributed by atoms with E-state index in [1.54, 1.807) is 19.2 Å². The minimum Gasteiger partial charge on any atom is -0.329 e. The van der Waals surface area contributed by atoms with Gasteiger partial charge in [-0.25, -0.2) is 19.0 Å². The molecule has 3 rings (SSSR count). The molecule has 7 nitrogen and oxygen atoms in total. The molecule has 0 saturated carbocycles. The molecule has 0 saturated heterocycles. The molecule has 2 aromatic heterocycles. The molecule has 2 heterocycles. The van der Waals surface area contributed by atoms with E-state index >= 15 is 0 Å². The molecule has 24 heavy (non-hydrogen) atoms. The monoisotopic (exact) mass is 346 g/mol. The van der Waals surface area contributed by atoms with E-state index in [2.05, 4.69) is 20.4 Å². The summed E-state index contributed by atoms with van der Waals surface area (Å²) in [5, 5.41) is 7.43. The number of aromatic nitrogens is 5. The predicted molar refractivity (Wildman–Crippen MR) is 87.1 cm³/mol. The number of nitrogens with one attached hydrogen (secondary N) is 1. The second kappa shape index (κ2) is 6.83. The van der Waals surface area contributed by atoms with Crippen LogP contribution in [0.15, 0.2) is 53.3 Å². The maximum Gasteiger partial charge on any atom is 0.249 e. The highest BCUT2D eigenvalue weighted by Gasteiger charge is 2.18. The standard InChI is InChI=1S/C15H15FN6OS/c1-10(22-9-17-8-19-22)14(23)20-12-7-11(16)3-4-13(12)24-15-18-5-6-21(15)2/h3-10H,1-2H3,(H,20,23)/t10-/m0/s1. The van der Waals surface area contributed by atoms with Gasteiger partial charge >= 0.3 is 0 Å². The van der Waals surface area contributed by atoms with Crippen molar-refractivity contribution >= 4 is 23.4 Å². The number of aryl methyl sites for hydroxylation is 1. The van der Waals surface area contributed by atoms with Crippen molar-refractivity contribution in [1.29, 1.82) is 0 Å². The average molecular weight is 346 g/mol. The highest BCUT2D eigenvalue weighted by atomic mass is 32.2. The van der Waals surface area contributed by atoms with Gasteiger partial charge < -0.3 is 9.88 Å². The van der Waals surface area contributed by atoms with Crippen molar-refractivity contribution in [3.63, 3.8) is 0 Å². The van der Waals surface area contributed by atoms with Crippen LogP contribution in [0.1, 0.15) is 13.0 Å². The molecule has 0 fully saturated rings. The Morgan fingerprint density at radius 3 is 2.92 bits per heavy atom. The second-order valence-electron chi connectivity index (χ2n) is 5.10. The first-order chi connectivity index (χ1) is 11.5. The number of benzene rings is 1. The molecule has 3 aromatic rings. The summed E-state index contributed by atoms with van der Waals surface area (Å²) in [5.74, 6) is -0.740. The van der Waals surface area contributed by atoms with E-state index < -0.39 is 11.9 Å². The molecule has 1 aromatic carbocycles. The van der Waals surface area contributed by atoms with E-state index in [0.717, 1.165) is 5.16 Å². The van der Waals surface area contributed by atoms with Crippen molar-refractivity contribution in [3.8, 4) is 0 Å². The second-order valence-corrected chi connectivity index (χ2v) is 6.11. The fraction of sp³-hybridized carbons (Fsp3) is 0.200. The number of imidazole rings is 1. The van der Waals surface area contributed by atoms with E-state index in [4.69, 9.17) is 0 Å². The molecular formula is C15H15FN6OS. The number of hydrogen-bond acceptors (Lipinski definition) is 5. The Hall–Kier alpha value is -2.68. The number of nitrogens with zero attached hydrogens (tertiary/aromatic N) is 5. The summed E-state index contributed by atoms with van der Waals surface area (Å²) in [6.07, 6.45) is 6.31. The highest BCUT2D eigenvalue weighted by molar-refractivity contribution is 7.99. The van der Waals surface area contributed by atoms with Gasteiger partial charge in [-0.15, -0.1) is 0 Å². The molecule has 0 aliphatic heterocycles. The van der Waals surface area contributed by atoms with Crippen LogP contribution in [-0.2, 0) is 11.8 Å². The Kier molecular flexibility index (Phi) is 4.61. The van der Waals surface area contributed by atoms with Crippen LogP contribution in [0.25, 0.3) is 0 Å². The zero-order valence-corrected chi connectivity index (χ0v) is 13.9. The minimum atomic E-state index is -0.568. The van der Waals surface area contributed by atoms with E-state index in [1.165, 1.54) is 41.2 Å². The molecule has 0 spiro atoms. The van der Waals surface area contributed by atoms with Gasteiger partial charge in [0.15, 0.2) is 5.16 Å². The first-order valence-electron chi connectivity index (χ1n) is 7.14. The Balaban J connectivity index is 1.83. The number of halogens is 1. The Morgan fingerprint density at radius 2 is 2.25 bits per heavy atom. The molecule has 0 bridgehead atoms. The fourth-order valence-electron chi connectivity index (χ4n) is 2.01. The van der Waals surface area contributed by atoms with Crippen LogP contribution in [0.2, 0.25) is 0 Å². The summed E-state index contributed by atoms with van der Waals surface area (Å²) < 4.78 is 16.9. The maximum atomic E-state index is 13.6. The zero-order chi connectivity index (χ0) is 17.1. The third-order valence-corrected chi connectivity index (χ3v) is 4.54. The van der Waals surface area contributed by atoms with Crippen molar-refractivity contribution < 1.29 is 9.18 Å². The first kappa shape index (κ1) is 16.2. The van der Waals surface area contributed by atoms with Gasteiger partial charge in [0.25, 0.3) is 0 Å². The van der Waals surface area contributed by atoms with Crippen molar-refractivity contribution in [2.24, 2.45) is 7.05 Å². The summed E-state index contributed by atoms with van der Waals surface area (Å²) in [5.41, 5.74) is 0.389. The van der Waals surface area contributed by atoms with Gasteiger partial charge in [-0.1, -0.05) is 0 Å². The quantitative estimate of drug-likeness (QED) is 0.768. The van der Waals surface area contributed by atoms with E-state index in [0.29, 0.717) is 10.6 Å². The third-order valence-electron chi connectivity index (χ3n) is 3.39. The fourth-order valence-corrected chi connectivity index (χ4v) is 2.88. The molecule has 124 valence electrons. The number of amides is 1. The summed E-state index contributed by atoms with van der Waals surface area (Å²) in [6, 6.07) is 3.69. The molecular weight excluding hydrogens is 331 g/mol. The van der Waals surface area contributed by atoms with Gasteiger partial charge in [0, 0.05) is 24.3 Å². The third kappa shape index (κ3) is 3.46. The lowest BCUT2D eigenvalue weighted by Gasteiger charge is -2.14.